The fourth-order valence-electron chi connectivity index (χ4n) is 3.06. The summed E-state index contributed by atoms with van der Waals surface area (Å²) in [6.45, 7) is 0. The van der Waals surface area contributed by atoms with Crippen LogP contribution in [0.2, 0.25) is 0 Å². The van der Waals surface area contributed by atoms with Gasteiger partial charge in [0.25, 0.3) is 5.56 Å². The number of H-pyrrole nitrogens is 1. The Balaban J connectivity index is 2.41. The maximum Gasteiger partial charge on any atom is 0.261 e. The van der Waals surface area contributed by atoms with Crippen molar-refractivity contribution in [2.24, 2.45) is 0 Å². The van der Waals surface area contributed by atoms with Crippen molar-refractivity contribution in [1.29, 1.82) is 5.41 Å². The lowest BCUT2D eigenvalue weighted by atomic mass is 10.0. The molecule has 2 heterocycles. The van der Waals surface area contributed by atoms with Gasteiger partial charge in [0, 0.05) is 16.5 Å². The standard InChI is InChI=1S/C15H12N2O2/c16-14-13-12(9-4-1-2-7-11(9)19-14)8-5-3-6-10(8)17-15(13)18/h1-2,4,7,16H,3,5-6H2,(H,17,18). The van der Waals surface area contributed by atoms with Crippen LogP contribution in [0.3, 0.4) is 0 Å². The topological polar surface area (TPSA) is 69.8 Å². The molecule has 4 nitrogen and oxygen atoms in total. The van der Waals surface area contributed by atoms with Crippen molar-refractivity contribution in [3.8, 4) is 0 Å². The summed E-state index contributed by atoms with van der Waals surface area (Å²) in [6, 6.07) is 7.61. The number of nitrogens with one attached hydrogen (secondary N) is 2. The van der Waals surface area contributed by atoms with Crippen molar-refractivity contribution in [3.63, 3.8) is 0 Å². The van der Waals surface area contributed by atoms with Crippen molar-refractivity contribution >= 4 is 21.7 Å². The highest BCUT2D eigenvalue weighted by Crippen LogP contribution is 2.30. The smallest absolute Gasteiger partial charge is 0.261 e. The molecule has 0 saturated carbocycles. The van der Waals surface area contributed by atoms with Crippen molar-refractivity contribution in [3.05, 3.63) is 51.4 Å². The van der Waals surface area contributed by atoms with E-state index in [0.717, 1.165) is 35.7 Å². The Kier molecular flexibility index (Phi) is 1.98. The average Bonchev–Trinajstić information content (AvgIpc) is 2.86. The van der Waals surface area contributed by atoms with E-state index in [1.54, 1.807) is 0 Å². The van der Waals surface area contributed by atoms with Crippen LogP contribution in [0.4, 0.5) is 0 Å². The van der Waals surface area contributed by atoms with Crippen LogP contribution in [-0.4, -0.2) is 4.98 Å². The van der Waals surface area contributed by atoms with Crippen molar-refractivity contribution in [1.82, 2.24) is 4.98 Å². The third-order valence-corrected chi connectivity index (χ3v) is 3.86. The zero-order chi connectivity index (χ0) is 13.0. The molecular formula is C15H12N2O2. The predicted molar refractivity (Wildman–Crippen MR) is 72.2 cm³/mol. The van der Waals surface area contributed by atoms with E-state index >= 15 is 0 Å². The lowest BCUT2D eigenvalue weighted by Crippen LogP contribution is -2.18. The van der Waals surface area contributed by atoms with Crippen LogP contribution in [-0.2, 0) is 12.8 Å². The number of fused-ring (bicyclic) bond motifs is 5. The first kappa shape index (κ1) is 10.6. The monoisotopic (exact) mass is 252 g/mol. The van der Waals surface area contributed by atoms with Gasteiger partial charge in [0.1, 0.15) is 11.0 Å². The second-order valence-corrected chi connectivity index (χ2v) is 4.94. The Hall–Kier alpha value is -2.36. The van der Waals surface area contributed by atoms with Crippen LogP contribution in [0.15, 0.2) is 33.5 Å². The molecule has 19 heavy (non-hydrogen) atoms. The van der Waals surface area contributed by atoms with Gasteiger partial charge in [-0.05, 0) is 30.9 Å². The average molecular weight is 252 g/mol. The Morgan fingerprint density at radius 3 is 2.89 bits per heavy atom. The van der Waals surface area contributed by atoms with Crippen LogP contribution >= 0.6 is 0 Å². The zero-order valence-electron chi connectivity index (χ0n) is 10.2. The molecule has 0 amide bonds. The first-order chi connectivity index (χ1) is 9.25. The lowest BCUT2D eigenvalue weighted by molar-refractivity contribution is 0.542. The number of aryl methyl sites for hydroxylation is 2. The molecule has 0 fully saturated rings. The lowest BCUT2D eigenvalue weighted by Gasteiger charge is -2.08. The molecule has 1 aliphatic carbocycles. The maximum atomic E-state index is 12.2. The van der Waals surface area contributed by atoms with Gasteiger partial charge in [-0.15, -0.1) is 0 Å². The minimum atomic E-state index is -0.213. The number of hydrogen-bond donors (Lipinski definition) is 2. The number of pyridine rings is 1. The summed E-state index contributed by atoms with van der Waals surface area (Å²) >= 11 is 0. The van der Waals surface area contributed by atoms with Gasteiger partial charge in [-0.2, -0.15) is 0 Å². The first-order valence-corrected chi connectivity index (χ1v) is 6.40. The number of hydrogen-bond acceptors (Lipinski definition) is 3. The van der Waals surface area contributed by atoms with Crippen LogP contribution in [0.25, 0.3) is 21.7 Å². The Morgan fingerprint density at radius 2 is 2.00 bits per heavy atom. The highest BCUT2D eigenvalue weighted by atomic mass is 16.3. The number of aromatic nitrogens is 1. The highest BCUT2D eigenvalue weighted by molar-refractivity contribution is 6.06. The fourth-order valence-corrected chi connectivity index (χ4v) is 3.06. The van der Waals surface area contributed by atoms with E-state index in [0.29, 0.717) is 11.0 Å². The molecule has 0 saturated heterocycles. The molecule has 1 aliphatic rings. The Morgan fingerprint density at radius 1 is 1.16 bits per heavy atom. The number of benzene rings is 1. The van der Waals surface area contributed by atoms with E-state index < -0.39 is 0 Å². The van der Waals surface area contributed by atoms with Gasteiger partial charge in [-0.3, -0.25) is 10.2 Å². The molecule has 3 aromatic rings. The zero-order valence-corrected chi connectivity index (χ0v) is 10.2. The second-order valence-electron chi connectivity index (χ2n) is 4.94. The summed E-state index contributed by atoms with van der Waals surface area (Å²) in [4.78, 5) is 15.1. The number of rotatable bonds is 0. The minimum absolute atomic E-state index is 0.0513. The molecule has 0 bridgehead atoms. The normalized spacial score (nSPS) is 14.1. The van der Waals surface area contributed by atoms with Crippen LogP contribution < -0.4 is 11.1 Å². The molecule has 0 radical (unpaired) electrons. The van der Waals surface area contributed by atoms with E-state index in [1.807, 2.05) is 24.3 Å². The van der Waals surface area contributed by atoms with E-state index in [-0.39, 0.29) is 11.1 Å². The van der Waals surface area contributed by atoms with E-state index in [4.69, 9.17) is 9.83 Å². The van der Waals surface area contributed by atoms with Gasteiger partial charge in [0.15, 0.2) is 0 Å². The molecule has 2 aromatic heterocycles. The summed E-state index contributed by atoms with van der Waals surface area (Å²) in [5.41, 5.74) is 2.60. The molecule has 94 valence electrons. The van der Waals surface area contributed by atoms with Gasteiger partial charge >= 0.3 is 0 Å². The summed E-state index contributed by atoms with van der Waals surface area (Å²) in [5, 5.41) is 10.2. The van der Waals surface area contributed by atoms with Gasteiger partial charge in [0.2, 0.25) is 5.55 Å². The molecular weight excluding hydrogens is 240 g/mol. The van der Waals surface area contributed by atoms with Crippen molar-refractivity contribution in [2.75, 3.05) is 0 Å². The molecule has 0 spiro atoms. The molecule has 2 N–H and O–H groups in total. The summed E-state index contributed by atoms with van der Waals surface area (Å²) in [5.74, 6) is 0. The second kappa shape index (κ2) is 3.57. The molecule has 1 aromatic carbocycles. The first-order valence-electron chi connectivity index (χ1n) is 6.40. The van der Waals surface area contributed by atoms with Gasteiger partial charge in [-0.25, -0.2) is 0 Å². The highest BCUT2D eigenvalue weighted by Gasteiger charge is 2.20. The molecule has 4 rings (SSSR count). The van der Waals surface area contributed by atoms with E-state index in [9.17, 15) is 4.79 Å². The van der Waals surface area contributed by atoms with Crippen molar-refractivity contribution in [2.45, 2.75) is 19.3 Å². The quantitative estimate of drug-likeness (QED) is 0.602. The molecule has 4 heteroatoms. The third kappa shape index (κ3) is 1.34. The summed E-state index contributed by atoms with van der Waals surface area (Å²) in [6.07, 6.45) is 2.92. The number of aromatic amines is 1. The summed E-state index contributed by atoms with van der Waals surface area (Å²) < 4.78 is 5.46. The van der Waals surface area contributed by atoms with E-state index in [1.165, 1.54) is 5.56 Å². The maximum absolute atomic E-state index is 12.2. The van der Waals surface area contributed by atoms with Gasteiger partial charge in [-0.1, -0.05) is 18.2 Å². The molecule has 0 atom stereocenters. The largest absolute Gasteiger partial charge is 0.438 e. The fraction of sp³-hybridized carbons (Fsp3) is 0.200. The third-order valence-electron chi connectivity index (χ3n) is 3.86. The van der Waals surface area contributed by atoms with Crippen LogP contribution in [0.1, 0.15) is 17.7 Å². The van der Waals surface area contributed by atoms with Gasteiger partial charge < -0.3 is 9.40 Å². The number of para-hydroxylation sites is 1. The van der Waals surface area contributed by atoms with Crippen molar-refractivity contribution < 1.29 is 4.42 Å². The SMILES string of the molecule is N=c1oc2ccccc2c2c3c([nH]c(=O)c12)CCC3. The molecule has 0 aliphatic heterocycles. The van der Waals surface area contributed by atoms with Crippen LogP contribution in [0, 0.1) is 5.41 Å². The molecule has 0 unspecified atom stereocenters. The Bertz CT molecular complexity index is 934. The van der Waals surface area contributed by atoms with Gasteiger partial charge in [0.05, 0.1) is 0 Å². The Labute approximate surface area is 108 Å². The van der Waals surface area contributed by atoms with Crippen LogP contribution in [0.5, 0.6) is 0 Å². The summed E-state index contributed by atoms with van der Waals surface area (Å²) in [7, 11) is 0. The minimum Gasteiger partial charge on any atom is -0.438 e. The van der Waals surface area contributed by atoms with E-state index in [2.05, 4.69) is 4.98 Å². The predicted octanol–water partition coefficient (Wildman–Crippen LogP) is 2.24.